The minimum Gasteiger partial charge on any atom is -0.444 e. The van der Waals surface area contributed by atoms with Gasteiger partial charge in [0.25, 0.3) is 5.91 Å². The van der Waals surface area contributed by atoms with Crippen LogP contribution in [0.15, 0.2) is 53.0 Å². The molecule has 1 aliphatic heterocycles. The zero-order valence-corrected chi connectivity index (χ0v) is 29.4. The normalized spacial score (nSPS) is 16.8. The Morgan fingerprint density at radius 2 is 1.60 bits per heavy atom. The number of nitrogens with one attached hydrogen (secondary N) is 1. The number of imidazole rings is 1. The van der Waals surface area contributed by atoms with E-state index in [0.29, 0.717) is 26.6 Å². The van der Waals surface area contributed by atoms with Crippen LogP contribution >= 0.6 is 26.7 Å². The van der Waals surface area contributed by atoms with Gasteiger partial charge in [-0.15, -0.1) is 0 Å². The van der Waals surface area contributed by atoms with Crippen molar-refractivity contribution in [2.75, 3.05) is 0 Å². The lowest BCUT2D eigenvalue weighted by Gasteiger charge is -2.46. The molecule has 0 bridgehead atoms. The highest BCUT2D eigenvalue weighted by molar-refractivity contribution is 9.10. The maximum absolute atomic E-state index is 13.5. The van der Waals surface area contributed by atoms with E-state index in [2.05, 4.69) is 21.2 Å². The summed E-state index contributed by atoms with van der Waals surface area (Å²) in [6.45, 7) is 15.7. The van der Waals surface area contributed by atoms with Gasteiger partial charge in [0.2, 0.25) is 0 Å². The van der Waals surface area contributed by atoms with Gasteiger partial charge in [0.1, 0.15) is 17.0 Å². The summed E-state index contributed by atoms with van der Waals surface area (Å²) in [7, 11) is -3.59. The molecule has 2 aromatic carbocycles. The maximum atomic E-state index is 13.5. The lowest BCUT2D eigenvalue weighted by molar-refractivity contribution is -0.124. The van der Waals surface area contributed by atoms with Crippen LogP contribution in [-0.2, 0) is 20.7 Å². The van der Waals surface area contributed by atoms with Crippen LogP contribution in [-0.4, -0.2) is 57.8 Å². The summed E-state index contributed by atoms with van der Waals surface area (Å²) in [6.07, 6.45) is 0.0743. The summed E-state index contributed by atoms with van der Waals surface area (Å²) >= 11 is 3.55. The Kier molecular flexibility index (Phi) is 9.26. The van der Waals surface area contributed by atoms with E-state index < -0.39 is 51.7 Å². The maximum Gasteiger partial charge on any atom is 0.420 e. The highest BCUT2D eigenvalue weighted by Crippen LogP contribution is 2.63. The zero-order chi connectivity index (χ0) is 33.7. The quantitative estimate of drug-likeness (QED) is 0.242. The van der Waals surface area contributed by atoms with Crippen LogP contribution < -0.4 is 5.32 Å². The van der Waals surface area contributed by atoms with Gasteiger partial charge in [-0.05, 0) is 86.1 Å². The molecule has 4 rings (SSSR count). The third kappa shape index (κ3) is 7.71. The van der Waals surface area contributed by atoms with Crippen molar-refractivity contribution in [3.8, 4) is 0 Å². The summed E-state index contributed by atoms with van der Waals surface area (Å²) in [5, 5.41) is 2.88. The number of ether oxygens (including phenoxy) is 2. The van der Waals surface area contributed by atoms with Crippen LogP contribution in [0.3, 0.4) is 0 Å². The van der Waals surface area contributed by atoms with Gasteiger partial charge in [-0.25, -0.2) is 23.4 Å². The average Bonchev–Trinajstić information content (AvgIpc) is 3.35. The molecule has 1 atom stereocenters. The second kappa shape index (κ2) is 12.1. The topological polar surface area (TPSA) is 143 Å². The Balaban J connectivity index is 1.77. The molecule has 0 spiro atoms. The summed E-state index contributed by atoms with van der Waals surface area (Å²) in [6, 6.07) is 11.5. The number of nitrogens with zero attached hydrogens (tertiary/aromatic N) is 3. The molecule has 0 radical (unpaired) electrons. The van der Waals surface area contributed by atoms with E-state index in [0.717, 1.165) is 4.31 Å². The Morgan fingerprint density at radius 1 is 0.978 bits per heavy atom. The molecule has 3 aromatic rings. The second-order valence-electron chi connectivity index (χ2n) is 13.8. The van der Waals surface area contributed by atoms with E-state index in [1.807, 2.05) is 0 Å². The first-order valence-corrected chi connectivity index (χ1v) is 16.7. The summed E-state index contributed by atoms with van der Waals surface area (Å²) < 4.78 is 36.5. The van der Waals surface area contributed by atoms with Crippen LogP contribution in [0.5, 0.6) is 0 Å². The third-order valence-corrected chi connectivity index (χ3v) is 9.34. The molecule has 1 aromatic heterocycles. The SMILES string of the molecule is CC(C)(C)OC(=O)NC(Cc1ccc(C2=CC(=O)N(C(C)(C)C)S2(O)O)c(Br)c1)c1nc2ccccc2n1C(=O)OC(C)(C)C. The van der Waals surface area contributed by atoms with Crippen molar-refractivity contribution < 1.29 is 33.0 Å². The van der Waals surface area contributed by atoms with Crippen LogP contribution in [0.2, 0.25) is 0 Å². The van der Waals surface area contributed by atoms with Crippen LogP contribution in [0.1, 0.15) is 85.3 Å². The molecule has 0 fully saturated rings. The molecule has 1 unspecified atom stereocenters. The Morgan fingerprint density at radius 3 is 2.16 bits per heavy atom. The summed E-state index contributed by atoms with van der Waals surface area (Å²) in [4.78, 5) is 44.2. The van der Waals surface area contributed by atoms with E-state index in [9.17, 15) is 23.5 Å². The minimum absolute atomic E-state index is 0.107. The average molecular weight is 706 g/mol. The number of hydrogen-bond donors (Lipinski definition) is 3. The second-order valence-corrected chi connectivity index (χ2v) is 16.5. The third-order valence-electron chi connectivity index (χ3n) is 6.52. The molecule has 11 nitrogen and oxygen atoms in total. The molecule has 2 heterocycles. The molecule has 0 saturated heterocycles. The molecule has 13 heteroatoms. The molecule has 45 heavy (non-hydrogen) atoms. The van der Waals surface area contributed by atoms with Crippen LogP contribution in [0.25, 0.3) is 15.9 Å². The van der Waals surface area contributed by atoms with Crippen molar-refractivity contribution in [3.63, 3.8) is 0 Å². The first kappa shape index (κ1) is 34.5. The van der Waals surface area contributed by atoms with Gasteiger partial charge in [0, 0.05) is 22.5 Å². The monoisotopic (exact) mass is 704 g/mol. The first-order chi connectivity index (χ1) is 20.6. The molecule has 1 aliphatic rings. The lowest BCUT2D eigenvalue weighted by atomic mass is 10.0. The Hall–Kier alpha value is -3.39. The number of carbonyl (C=O) groups is 3. The fourth-order valence-corrected chi connectivity index (χ4v) is 7.73. The number of hydrogen-bond acceptors (Lipinski definition) is 8. The molecule has 0 saturated carbocycles. The molecule has 3 N–H and O–H groups in total. The number of carbonyl (C=O) groups excluding carboxylic acids is 3. The van der Waals surface area contributed by atoms with E-state index in [1.54, 1.807) is 105 Å². The number of alkyl carbamates (subject to hydrolysis) is 1. The molecule has 2 amide bonds. The number of para-hydroxylation sites is 2. The Labute approximate surface area is 273 Å². The van der Waals surface area contributed by atoms with E-state index in [4.69, 9.17) is 14.5 Å². The number of benzene rings is 2. The summed E-state index contributed by atoms with van der Waals surface area (Å²) in [5.74, 6) is -0.244. The molecule has 0 aliphatic carbocycles. The zero-order valence-electron chi connectivity index (χ0n) is 27.0. The highest BCUT2D eigenvalue weighted by Gasteiger charge is 2.45. The van der Waals surface area contributed by atoms with Gasteiger partial charge >= 0.3 is 12.2 Å². The Bertz CT molecular complexity index is 1680. The summed E-state index contributed by atoms with van der Waals surface area (Å²) in [5.41, 5.74) is -0.176. The van der Waals surface area contributed by atoms with E-state index >= 15 is 0 Å². The number of aromatic nitrogens is 2. The lowest BCUT2D eigenvalue weighted by Crippen LogP contribution is -2.43. The predicted molar refractivity (Wildman–Crippen MR) is 179 cm³/mol. The number of rotatable bonds is 5. The van der Waals surface area contributed by atoms with Gasteiger partial charge in [-0.3, -0.25) is 13.9 Å². The van der Waals surface area contributed by atoms with E-state index in [1.165, 1.54) is 10.6 Å². The standard InChI is InChI=1S/C32H41BrN4O7S/c1-30(2,3)37-26(38)18-25(45(37,41)42)20-15-14-19(16-21(20)33)17-23(35-28(39)43-31(4,5)6)27-34-22-12-10-11-13-24(22)36(27)29(40)44-32(7,8)9/h10-16,18,23,41-42H,17H2,1-9H3,(H,35,39). The van der Waals surface area contributed by atoms with Crippen molar-refractivity contribution in [1.29, 1.82) is 0 Å². The smallest absolute Gasteiger partial charge is 0.420 e. The molecular formula is C32H41BrN4O7S. The van der Waals surface area contributed by atoms with Crippen molar-refractivity contribution in [3.05, 3.63) is 70.0 Å². The number of fused-ring (bicyclic) bond motifs is 1. The van der Waals surface area contributed by atoms with E-state index in [-0.39, 0.29) is 17.2 Å². The molecule has 244 valence electrons. The predicted octanol–water partition coefficient (Wildman–Crippen LogP) is 8.04. The van der Waals surface area contributed by atoms with Crippen molar-refractivity contribution in [2.24, 2.45) is 0 Å². The fraction of sp³-hybridized carbons (Fsp3) is 0.438. The van der Waals surface area contributed by atoms with Crippen LogP contribution in [0, 0.1) is 0 Å². The van der Waals surface area contributed by atoms with Crippen molar-refractivity contribution >= 4 is 60.7 Å². The van der Waals surface area contributed by atoms with Gasteiger partial charge in [0.15, 0.2) is 0 Å². The first-order valence-electron chi connectivity index (χ1n) is 14.4. The van der Waals surface area contributed by atoms with Gasteiger partial charge in [-0.1, -0.05) is 51.0 Å². The van der Waals surface area contributed by atoms with Crippen molar-refractivity contribution in [1.82, 2.24) is 19.2 Å². The van der Waals surface area contributed by atoms with Gasteiger partial charge in [0.05, 0.1) is 27.5 Å². The van der Waals surface area contributed by atoms with Gasteiger partial charge in [-0.2, -0.15) is 0 Å². The number of amides is 2. The van der Waals surface area contributed by atoms with Crippen molar-refractivity contribution in [2.45, 2.75) is 91.5 Å². The largest absolute Gasteiger partial charge is 0.444 e. The van der Waals surface area contributed by atoms with Gasteiger partial charge < -0.3 is 14.8 Å². The van der Waals surface area contributed by atoms with Crippen LogP contribution in [0.4, 0.5) is 9.59 Å². The minimum atomic E-state index is -3.59. The molecular weight excluding hydrogens is 664 g/mol. The number of halogens is 1. The highest BCUT2D eigenvalue weighted by atomic mass is 79.9. The fourth-order valence-electron chi connectivity index (χ4n) is 4.97.